The number of nitrogens with zero attached hydrogens (tertiary/aromatic N) is 1. The van der Waals surface area contributed by atoms with Crippen LogP contribution in [-0.4, -0.2) is 36.3 Å². The van der Waals surface area contributed by atoms with Crippen molar-refractivity contribution in [2.24, 2.45) is 5.92 Å². The standard InChI is InChI=1S/C19H22FN3O3/c20-15-3-5-16(6-4-15)22-18(24)13-23-9-7-14(8-10-23)19(25)21-12-17-2-1-11-26-17/h1-6,11,14H,7-10,12-13H2,(H,21,25)(H,22,24). The minimum atomic E-state index is -0.338. The van der Waals surface area contributed by atoms with E-state index < -0.39 is 0 Å². The molecule has 3 rings (SSSR count). The number of nitrogens with one attached hydrogen (secondary N) is 2. The van der Waals surface area contributed by atoms with Crippen LogP contribution in [0.4, 0.5) is 10.1 Å². The van der Waals surface area contributed by atoms with Gasteiger partial charge in [-0.25, -0.2) is 4.39 Å². The van der Waals surface area contributed by atoms with Crippen LogP contribution in [0, 0.1) is 11.7 Å². The first-order valence-electron chi connectivity index (χ1n) is 8.68. The molecule has 0 radical (unpaired) electrons. The molecule has 1 saturated heterocycles. The Morgan fingerprint density at radius 3 is 2.54 bits per heavy atom. The Bertz CT molecular complexity index is 723. The fourth-order valence-electron chi connectivity index (χ4n) is 3.02. The van der Waals surface area contributed by atoms with Crippen LogP contribution in [0.1, 0.15) is 18.6 Å². The number of anilines is 1. The molecule has 0 aliphatic carbocycles. The second-order valence-electron chi connectivity index (χ2n) is 6.40. The number of carbonyl (C=O) groups excluding carboxylic acids is 2. The van der Waals surface area contributed by atoms with Gasteiger partial charge in [-0.3, -0.25) is 14.5 Å². The van der Waals surface area contributed by atoms with Gasteiger partial charge in [0.05, 0.1) is 19.4 Å². The number of benzene rings is 1. The highest BCUT2D eigenvalue weighted by Gasteiger charge is 2.25. The van der Waals surface area contributed by atoms with Gasteiger partial charge in [0.1, 0.15) is 11.6 Å². The van der Waals surface area contributed by atoms with Crippen molar-refractivity contribution in [3.8, 4) is 0 Å². The zero-order valence-electron chi connectivity index (χ0n) is 14.4. The van der Waals surface area contributed by atoms with Gasteiger partial charge >= 0.3 is 0 Å². The normalized spacial score (nSPS) is 15.6. The summed E-state index contributed by atoms with van der Waals surface area (Å²) < 4.78 is 18.1. The van der Waals surface area contributed by atoms with E-state index >= 15 is 0 Å². The number of amides is 2. The van der Waals surface area contributed by atoms with Crippen molar-refractivity contribution < 1.29 is 18.4 Å². The number of rotatable bonds is 6. The maximum absolute atomic E-state index is 12.9. The third-order valence-electron chi connectivity index (χ3n) is 4.47. The highest BCUT2D eigenvalue weighted by molar-refractivity contribution is 5.92. The van der Waals surface area contributed by atoms with E-state index in [0.29, 0.717) is 38.2 Å². The van der Waals surface area contributed by atoms with E-state index in [9.17, 15) is 14.0 Å². The first kappa shape index (κ1) is 18.1. The van der Waals surface area contributed by atoms with Crippen LogP contribution in [0.25, 0.3) is 0 Å². The molecule has 0 saturated carbocycles. The number of hydrogen-bond donors (Lipinski definition) is 2. The highest BCUT2D eigenvalue weighted by atomic mass is 19.1. The van der Waals surface area contributed by atoms with E-state index in [2.05, 4.69) is 10.6 Å². The van der Waals surface area contributed by atoms with E-state index in [1.807, 2.05) is 11.0 Å². The first-order chi connectivity index (χ1) is 12.6. The Balaban J connectivity index is 1.38. The van der Waals surface area contributed by atoms with Crippen LogP contribution in [0.2, 0.25) is 0 Å². The molecule has 1 aromatic carbocycles. The summed E-state index contributed by atoms with van der Waals surface area (Å²) in [5.41, 5.74) is 0.573. The SMILES string of the molecule is O=C(CN1CCC(C(=O)NCc2ccco2)CC1)Nc1ccc(F)cc1. The van der Waals surface area contributed by atoms with Crippen molar-refractivity contribution in [3.05, 3.63) is 54.2 Å². The lowest BCUT2D eigenvalue weighted by Gasteiger charge is -2.30. The molecule has 1 aromatic heterocycles. The fraction of sp³-hybridized carbons (Fsp3) is 0.368. The summed E-state index contributed by atoms with van der Waals surface area (Å²) in [6.45, 7) is 2.04. The molecule has 2 N–H and O–H groups in total. The molecule has 1 fully saturated rings. The molecule has 1 aliphatic rings. The molecule has 0 bridgehead atoms. The molecule has 2 aromatic rings. The first-order valence-corrected chi connectivity index (χ1v) is 8.68. The number of furan rings is 1. The minimum absolute atomic E-state index is 0.0248. The number of likely N-dealkylation sites (tertiary alicyclic amines) is 1. The molecule has 26 heavy (non-hydrogen) atoms. The van der Waals surface area contributed by atoms with Gasteiger partial charge in [0.2, 0.25) is 11.8 Å². The molecule has 7 heteroatoms. The van der Waals surface area contributed by atoms with E-state index in [1.54, 1.807) is 12.3 Å². The van der Waals surface area contributed by atoms with Crippen LogP contribution >= 0.6 is 0 Å². The van der Waals surface area contributed by atoms with Crippen LogP contribution in [0.15, 0.2) is 47.1 Å². The predicted molar refractivity (Wildman–Crippen MR) is 94.7 cm³/mol. The second kappa shape index (κ2) is 8.62. The van der Waals surface area contributed by atoms with Crippen molar-refractivity contribution in [2.45, 2.75) is 19.4 Å². The summed E-state index contributed by atoms with van der Waals surface area (Å²) in [6, 6.07) is 9.29. The summed E-state index contributed by atoms with van der Waals surface area (Å²) in [6.07, 6.45) is 3.01. The number of hydrogen-bond acceptors (Lipinski definition) is 4. The lowest BCUT2D eigenvalue weighted by atomic mass is 9.96. The average Bonchev–Trinajstić information content (AvgIpc) is 3.16. The molecule has 0 atom stereocenters. The zero-order valence-corrected chi connectivity index (χ0v) is 14.4. The summed E-state index contributed by atoms with van der Waals surface area (Å²) in [5.74, 6) is 0.235. The molecule has 1 aliphatic heterocycles. The summed E-state index contributed by atoms with van der Waals surface area (Å²) in [4.78, 5) is 26.3. The smallest absolute Gasteiger partial charge is 0.238 e. The summed E-state index contributed by atoms with van der Waals surface area (Å²) >= 11 is 0. The Morgan fingerprint density at radius 1 is 1.15 bits per heavy atom. The van der Waals surface area contributed by atoms with Gasteiger partial charge in [0.25, 0.3) is 0 Å². The van der Waals surface area contributed by atoms with Crippen LogP contribution < -0.4 is 10.6 Å². The molecule has 2 heterocycles. The van der Waals surface area contributed by atoms with Crippen molar-refractivity contribution >= 4 is 17.5 Å². The van der Waals surface area contributed by atoms with Gasteiger partial charge in [-0.2, -0.15) is 0 Å². The fourth-order valence-corrected chi connectivity index (χ4v) is 3.02. The van der Waals surface area contributed by atoms with Crippen molar-refractivity contribution in [1.82, 2.24) is 10.2 Å². The summed E-state index contributed by atoms with van der Waals surface area (Å²) in [5, 5.41) is 5.64. The van der Waals surface area contributed by atoms with Crippen LogP contribution in [0.3, 0.4) is 0 Å². The molecule has 138 valence electrons. The number of carbonyl (C=O) groups is 2. The quantitative estimate of drug-likeness (QED) is 0.830. The lowest BCUT2D eigenvalue weighted by Crippen LogP contribution is -2.43. The Kier molecular flexibility index (Phi) is 6.01. The van der Waals surface area contributed by atoms with Crippen LogP contribution in [0.5, 0.6) is 0 Å². The molecule has 0 unspecified atom stereocenters. The van der Waals surface area contributed by atoms with Gasteiger partial charge in [-0.15, -0.1) is 0 Å². The Labute approximate surface area is 151 Å². The predicted octanol–water partition coefficient (Wildman–Crippen LogP) is 2.39. The zero-order chi connectivity index (χ0) is 18.4. The van der Waals surface area contributed by atoms with Gasteiger partial charge < -0.3 is 15.1 Å². The average molecular weight is 359 g/mol. The number of halogens is 1. The maximum Gasteiger partial charge on any atom is 0.238 e. The highest BCUT2D eigenvalue weighted by Crippen LogP contribution is 2.18. The van der Waals surface area contributed by atoms with E-state index in [0.717, 1.165) is 5.76 Å². The number of piperidine rings is 1. The van der Waals surface area contributed by atoms with Crippen LogP contribution in [-0.2, 0) is 16.1 Å². The second-order valence-corrected chi connectivity index (χ2v) is 6.40. The largest absolute Gasteiger partial charge is 0.467 e. The summed E-state index contributed by atoms with van der Waals surface area (Å²) in [7, 11) is 0. The Morgan fingerprint density at radius 2 is 1.88 bits per heavy atom. The maximum atomic E-state index is 12.9. The Hall–Kier alpha value is -2.67. The topological polar surface area (TPSA) is 74.6 Å². The van der Waals surface area contributed by atoms with E-state index in [-0.39, 0.29) is 30.1 Å². The minimum Gasteiger partial charge on any atom is -0.467 e. The van der Waals surface area contributed by atoms with Crippen molar-refractivity contribution in [2.75, 3.05) is 25.0 Å². The lowest BCUT2D eigenvalue weighted by molar-refractivity contribution is -0.126. The monoisotopic (exact) mass is 359 g/mol. The van der Waals surface area contributed by atoms with Gasteiger partial charge in [0, 0.05) is 11.6 Å². The van der Waals surface area contributed by atoms with Gasteiger partial charge in [0.15, 0.2) is 0 Å². The molecule has 6 nitrogen and oxygen atoms in total. The van der Waals surface area contributed by atoms with E-state index in [1.165, 1.54) is 24.3 Å². The van der Waals surface area contributed by atoms with E-state index in [4.69, 9.17) is 4.42 Å². The third-order valence-corrected chi connectivity index (χ3v) is 4.47. The van der Waals surface area contributed by atoms with Gasteiger partial charge in [-0.1, -0.05) is 0 Å². The molecular formula is C19H22FN3O3. The third kappa shape index (κ3) is 5.16. The molecule has 0 spiro atoms. The molecule has 2 amide bonds. The van der Waals surface area contributed by atoms with Gasteiger partial charge in [-0.05, 0) is 62.3 Å². The molecular weight excluding hydrogens is 337 g/mol. The van der Waals surface area contributed by atoms with Crippen molar-refractivity contribution in [3.63, 3.8) is 0 Å². The van der Waals surface area contributed by atoms with Crippen molar-refractivity contribution in [1.29, 1.82) is 0 Å².